The normalized spacial score (nSPS) is 10.6. The van der Waals surface area contributed by atoms with E-state index in [4.69, 9.17) is 5.73 Å². The Morgan fingerprint density at radius 1 is 1.44 bits per heavy atom. The summed E-state index contributed by atoms with van der Waals surface area (Å²) >= 11 is 1.76. The lowest BCUT2D eigenvalue weighted by Gasteiger charge is -1.97. The molecule has 0 fully saturated rings. The third-order valence-corrected chi connectivity index (χ3v) is 3.60. The zero-order valence-corrected chi connectivity index (χ0v) is 10.1. The number of pyridine rings is 1. The van der Waals surface area contributed by atoms with Crippen LogP contribution < -0.4 is 5.73 Å². The average Bonchev–Trinajstić information content (AvgIpc) is 2.61. The highest BCUT2D eigenvalue weighted by Gasteiger charge is 2.07. The predicted molar refractivity (Wildman–Crippen MR) is 66.7 cm³/mol. The summed E-state index contributed by atoms with van der Waals surface area (Å²) in [5.41, 5.74) is 7.88. The molecule has 0 spiro atoms. The molecule has 0 aliphatic heterocycles. The number of hydrogen-bond donors (Lipinski definition) is 1. The van der Waals surface area contributed by atoms with Gasteiger partial charge in [0.15, 0.2) is 0 Å². The highest BCUT2D eigenvalue weighted by molar-refractivity contribution is 7.11. The number of hydrogen-bond acceptors (Lipinski definition) is 4. The lowest BCUT2D eigenvalue weighted by atomic mass is 10.2. The maximum atomic E-state index is 5.53. The third-order valence-electron chi connectivity index (χ3n) is 2.38. The Labute approximate surface area is 99.4 Å². The first-order valence-electron chi connectivity index (χ1n) is 5.33. The molecule has 0 bridgehead atoms. The fraction of sp³-hybridized carbons (Fsp3) is 0.333. The van der Waals surface area contributed by atoms with Crippen LogP contribution >= 0.6 is 11.3 Å². The zero-order valence-electron chi connectivity index (χ0n) is 9.31. The van der Waals surface area contributed by atoms with Crippen molar-refractivity contribution in [3.05, 3.63) is 45.7 Å². The first-order chi connectivity index (χ1) is 7.79. The van der Waals surface area contributed by atoms with Crippen molar-refractivity contribution in [2.24, 2.45) is 5.73 Å². The number of nitrogens with two attached hydrogens (primary N) is 1. The summed E-state index contributed by atoms with van der Waals surface area (Å²) in [7, 11) is 0. The van der Waals surface area contributed by atoms with Crippen LogP contribution in [0, 0.1) is 6.92 Å². The topological polar surface area (TPSA) is 51.8 Å². The van der Waals surface area contributed by atoms with Crippen molar-refractivity contribution >= 4 is 11.3 Å². The second-order valence-electron chi connectivity index (χ2n) is 3.69. The van der Waals surface area contributed by atoms with Crippen LogP contribution in [0.5, 0.6) is 0 Å². The van der Waals surface area contributed by atoms with E-state index < -0.39 is 0 Å². The number of aromatic nitrogens is 2. The monoisotopic (exact) mass is 233 g/mol. The van der Waals surface area contributed by atoms with Gasteiger partial charge in [0.2, 0.25) is 0 Å². The average molecular weight is 233 g/mol. The minimum Gasteiger partial charge on any atom is -0.330 e. The molecule has 3 nitrogen and oxygen atoms in total. The van der Waals surface area contributed by atoms with Crippen molar-refractivity contribution < 1.29 is 0 Å². The van der Waals surface area contributed by atoms with Gasteiger partial charge in [-0.15, -0.1) is 11.3 Å². The Bertz CT molecular complexity index is 451. The van der Waals surface area contributed by atoms with Crippen molar-refractivity contribution in [2.75, 3.05) is 6.54 Å². The Kier molecular flexibility index (Phi) is 3.64. The van der Waals surface area contributed by atoms with Gasteiger partial charge in [-0.2, -0.15) is 0 Å². The van der Waals surface area contributed by atoms with Crippen LogP contribution in [0.25, 0.3) is 0 Å². The SMILES string of the molecule is Cc1nc(CCN)sc1Cc1cccnc1. The van der Waals surface area contributed by atoms with Gasteiger partial charge in [0.05, 0.1) is 10.7 Å². The molecule has 2 aromatic heterocycles. The molecule has 0 aliphatic carbocycles. The molecule has 0 aliphatic rings. The quantitative estimate of drug-likeness (QED) is 0.878. The van der Waals surface area contributed by atoms with Crippen LogP contribution in [0.4, 0.5) is 0 Å². The fourth-order valence-corrected chi connectivity index (χ4v) is 2.69. The minimum atomic E-state index is 0.666. The van der Waals surface area contributed by atoms with Gasteiger partial charge in [0.1, 0.15) is 0 Å². The molecule has 0 unspecified atom stereocenters. The van der Waals surface area contributed by atoms with Crippen molar-refractivity contribution in [3.63, 3.8) is 0 Å². The highest BCUT2D eigenvalue weighted by Crippen LogP contribution is 2.21. The van der Waals surface area contributed by atoms with E-state index in [1.807, 2.05) is 12.3 Å². The van der Waals surface area contributed by atoms with Gasteiger partial charge in [0.25, 0.3) is 0 Å². The lowest BCUT2D eigenvalue weighted by Crippen LogP contribution is -2.01. The van der Waals surface area contributed by atoms with Crippen LogP contribution in [0.3, 0.4) is 0 Å². The number of rotatable bonds is 4. The smallest absolute Gasteiger partial charge is 0.0943 e. The Morgan fingerprint density at radius 3 is 3.00 bits per heavy atom. The Balaban J connectivity index is 2.15. The molecular weight excluding hydrogens is 218 g/mol. The number of aryl methyl sites for hydroxylation is 1. The molecule has 2 aromatic rings. The Hall–Kier alpha value is -1.26. The first kappa shape index (κ1) is 11.2. The highest BCUT2D eigenvalue weighted by atomic mass is 32.1. The molecule has 84 valence electrons. The molecule has 0 amide bonds. The predicted octanol–water partition coefficient (Wildman–Crippen LogP) is 1.94. The maximum Gasteiger partial charge on any atom is 0.0943 e. The van der Waals surface area contributed by atoms with Crippen LogP contribution in [-0.4, -0.2) is 16.5 Å². The molecule has 0 atom stereocenters. The van der Waals surface area contributed by atoms with Gasteiger partial charge in [-0.05, 0) is 25.1 Å². The van der Waals surface area contributed by atoms with Crippen LogP contribution in [0.2, 0.25) is 0 Å². The second-order valence-corrected chi connectivity index (χ2v) is 4.86. The second kappa shape index (κ2) is 5.18. The molecule has 0 aromatic carbocycles. The van der Waals surface area contributed by atoms with E-state index in [2.05, 4.69) is 23.0 Å². The van der Waals surface area contributed by atoms with Crippen LogP contribution in [0.15, 0.2) is 24.5 Å². The van der Waals surface area contributed by atoms with Crippen LogP contribution in [0.1, 0.15) is 21.1 Å². The summed E-state index contributed by atoms with van der Waals surface area (Å²) in [4.78, 5) is 9.95. The van der Waals surface area contributed by atoms with Crippen molar-refractivity contribution in [1.82, 2.24) is 9.97 Å². The largest absolute Gasteiger partial charge is 0.330 e. The summed E-state index contributed by atoms with van der Waals surface area (Å²) in [6.07, 6.45) is 5.49. The minimum absolute atomic E-state index is 0.666. The third kappa shape index (κ3) is 2.65. The standard InChI is InChI=1S/C12H15N3S/c1-9-11(16-12(15-9)4-5-13)7-10-3-2-6-14-8-10/h2-3,6,8H,4-5,7,13H2,1H3. The molecule has 0 radical (unpaired) electrons. The van der Waals surface area contributed by atoms with E-state index in [0.29, 0.717) is 6.54 Å². The van der Waals surface area contributed by atoms with Crippen LogP contribution in [-0.2, 0) is 12.8 Å². The first-order valence-corrected chi connectivity index (χ1v) is 6.15. The lowest BCUT2D eigenvalue weighted by molar-refractivity contribution is 0.943. The van der Waals surface area contributed by atoms with E-state index in [1.165, 1.54) is 10.4 Å². The number of thiazole rings is 1. The summed E-state index contributed by atoms with van der Waals surface area (Å²) in [5, 5.41) is 1.14. The summed E-state index contributed by atoms with van der Waals surface area (Å²) in [6.45, 7) is 2.72. The molecular formula is C12H15N3S. The molecule has 4 heteroatoms. The zero-order chi connectivity index (χ0) is 11.4. The van der Waals surface area contributed by atoms with Crippen molar-refractivity contribution in [2.45, 2.75) is 19.8 Å². The Morgan fingerprint density at radius 2 is 2.31 bits per heavy atom. The molecule has 2 N–H and O–H groups in total. The summed E-state index contributed by atoms with van der Waals surface area (Å²) < 4.78 is 0. The molecule has 0 saturated heterocycles. The number of nitrogens with zero attached hydrogens (tertiary/aromatic N) is 2. The van der Waals surface area contributed by atoms with Crippen molar-refractivity contribution in [1.29, 1.82) is 0 Å². The molecule has 0 saturated carbocycles. The fourth-order valence-electron chi connectivity index (χ4n) is 1.57. The van der Waals surface area contributed by atoms with Gasteiger partial charge >= 0.3 is 0 Å². The summed E-state index contributed by atoms with van der Waals surface area (Å²) in [5.74, 6) is 0. The van der Waals surface area contributed by atoms with E-state index in [1.54, 1.807) is 17.5 Å². The van der Waals surface area contributed by atoms with Gasteiger partial charge in [-0.25, -0.2) is 4.98 Å². The molecule has 2 rings (SSSR count). The van der Waals surface area contributed by atoms with Gasteiger partial charge in [0, 0.05) is 30.1 Å². The van der Waals surface area contributed by atoms with E-state index >= 15 is 0 Å². The summed E-state index contributed by atoms with van der Waals surface area (Å²) in [6, 6.07) is 4.06. The van der Waals surface area contributed by atoms with Crippen molar-refractivity contribution in [3.8, 4) is 0 Å². The van der Waals surface area contributed by atoms with Gasteiger partial charge in [-0.1, -0.05) is 6.07 Å². The molecule has 16 heavy (non-hydrogen) atoms. The van der Waals surface area contributed by atoms with E-state index in [-0.39, 0.29) is 0 Å². The van der Waals surface area contributed by atoms with E-state index in [0.717, 1.165) is 23.5 Å². The maximum absolute atomic E-state index is 5.53. The van der Waals surface area contributed by atoms with Gasteiger partial charge in [-0.3, -0.25) is 4.98 Å². The molecule has 2 heterocycles. The van der Waals surface area contributed by atoms with E-state index in [9.17, 15) is 0 Å². The van der Waals surface area contributed by atoms with Gasteiger partial charge < -0.3 is 5.73 Å².